The Morgan fingerprint density at radius 3 is 3.06 bits per heavy atom. The van der Waals surface area contributed by atoms with Gasteiger partial charge in [0.25, 0.3) is 0 Å². The topological polar surface area (TPSA) is 29.9 Å². The van der Waals surface area contributed by atoms with Crippen LogP contribution in [-0.4, -0.2) is 9.78 Å². The van der Waals surface area contributed by atoms with Gasteiger partial charge < -0.3 is 5.32 Å². The normalized spacial score (nSPS) is 10.6. The molecular weight excluding hydrogens is 225 g/mol. The first kappa shape index (κ1) is 11.1. The molecule has 0 aromatic carbocycles. The minimum absolute atomic E-state index is 0.140. The zero-order chi connectivity index (χ0) is 11.4. The molecule has 0 spiro atoms. The Kier molecular flexibility index (Phi) is 3.56. The van der Waals surface area contributed by atoms with E-state index in [0.29, 0.717) is 6.54 Å². The van der Waals surface area contributed by atoms with Crippen LogP contribution in [0.1, 0.15) is 18.2 Å². The zero-order valence-corrected chi connectivity index (χ0v) is 9.93. The van der Waals surface area contributed by atoms with E-state index in [4.69, 9.17) is 0 Å². The van der Waals surface area contributed by atoms with Crippen LogP contribution in [0.2, 0.25) is 0 Å². The third kappa shape index (κ3) is 2.82. The summed E-state index contributed by atoms with van der Waals surface area (Å²) >= 11 is 1.17. The number of aryl methyl sites for hydroxylation is 1. The van der Waals surface area contributed by atoms with Gasteiger partial charge in [-0.25, -0.2) is 0 Å². The lowest BCUT2D eigenvalue weighted by atomic mass is 10.4. The van der Waals surface area contributed by atoms with E-state index in [1.165, 1.54) is 17.4 Å². The van der Waals surface area contributed by atoms with E-state index in [2.05, 4.69) is 17.3 Å². The van der Waals surface area contributed by atoms with Gasteiger partial charge >= 0.3 is 0 Å². The van der Waals surface area contributed by atoms with Crippen LogP contribution in [0.25, 0.3) is 0 Å². The average Bonchev–Trinajstić information content (AvgIpc) is 2.85. The summed E-state index contributed by atoms with van der Waals surface area (Å²) in [6, 6.07) is 3.28. The van der Waals surface area contributed by atoms with Crippen LogP contribution in [0.5, 0.6) is 0 Å². The number of nitrogens with one attached hydrogen (secondary N) is 1. The Hall–Kier alpha value is -1.36. The van der Waals surface area contributed by atoms with Crippen molar-refractivity contribution in [3.8, 4) is 0 Å². The molecule has 5 heteroatoms. The molecule has 0 saturated carbocycles. The predicted molar refractivity (Wildman–Crippen MR) is 64.1 cm³/mol. The SMILES string of the molecule is CCCn1cc(NCc2ccc(F)s2)cn1. The van der Waals surface area contributed by atoms with Gasteiger partial charge in [-0.3, -0.25) is 4.68 Å². The molecule has 0 saturated heterocycles. The molecule has 3 nitrogen and oxygen atoms in total. The highest BCUT2D eigenvalue weighted by molar-refractivity contribution is 7.10. The Balaban J connectivity index is 1.89. The van der Waals surface area contributed by atoms with E-state index in [0.717, 1.165) is 23.5 Å². The van der Waals surface area contributed by atoms with Crippen molar-refractivity contribution in [2.75, 3.05) is 5.32 Å². The molecule has 86 valence electrons. The number of anilines is 1. The minimum Gasteiger partial charge on any atom is -0.378 e. The second-order valence-electron chi connectivity index (χ2n) is 3.55. The van der Waals surface area contributed by atoms with Crippen molar-refractivity contribution in [2.45, 2.75) is 26.4 Å². The van der Waals surface area contributed by atoms with Gasteiger partial charge in [0.2, 0.25) is 0 Å². The number of hydrogen-bond donors (Lipinski definition) is 1. The number of hydrogen-bond acceptors (Lipinski definition) is 3. The van der Waals surface area contributed by atoms with Crippen molar-refractivity contribution < 1.29 is 4.39 Å². The lowest BCUT2D eigenvalue weighted by Crippen LogP contribution is -1.97. The van der Waals surface area contributed by atoms with Gasteiger partial charge in [0.05, 0.1) is 11.9 Å². The van der Waals surface area contributed by atoms with Crippen molar-refractivity contribution in [2.24, 2.45) is 0 Å². The monoisotopic (exact) mass is 239 g/mol. The number of aromatic nitrogens is 2. The molecule has 0 bridgehead atoms. The quantitative estimate of drug-likeness (QED) is 0.868. The van der Waals surface area contributed by atoms with Gasteiger partial charge in [0.15, 0.2) is 5.13 Å². The maximum absolute atomic E-state index is 12.7. The molecule has 0 amide bonds. The van der Waals surface area contributed by atoms with Crippen LogP contribution >= 0.6 is 11.3 Å². The van der Waals surface area contributed by atoms with E-state index < -0.39 is 0 Å². The van der Waals surface area contributed by atoms with Crippen LogP contribution in [0, 0.1) is 5.13 Å². The molecule has 0 radical (unpaired) electrons. The number of thiophene rings is 1. The molecule has 2 aromatic rings. The summed E-state index contributed by atoms with van der Waals surface area (Å²) in [7, 11) is 0. The summed E-state index contributed by atoms with van der Waals surface area (Å²) in [5.74, 6) is 0. The molecule has 0 aliphatic rings. The van der Waals surface area contributed by atoms with Crippen LogP contribution in [0.3, 0.4) is 0 Å². The number of rotatable bonds is 5. The molecule has 2 heterocycles. The van der Waals surface area contributed by atoms with Crippen molar-refractivity contribution in [1.82, 2.24) is 9.78 Å². The van der Waals surface area contributed by atoms with Crippen molar-refractivity contribution in [3.05, 3.63) is 34.5 Å². The second-order valence-corrected chi connectivity index (χ2v) is 4.67. The molecule has 16 heavy (non-hydrogen) atoms. The average molecular weight is 239 g/mol. The summed E-state index contributed by atoms with van der Waals surface area (Å²) in [5.41, 5.74) is 0.974. The van der Waals surface area contributed by atoms with Crippen LogP contribution in [0.4, 0.5) is 10.1 Å². The standard InChI is InChI=1S/C11H14FN3S/c1-2-5-15-8-9(6-14-15)13-7-10-3-4-11(12)16-10/h3-4,6,8,13H,2,5,7H2,1H3. The van der Waals surface area contributed by atoms with E-state index >= 15 is 0 Å². The maximum atomic E-state index is 12.7. The maximum Gasteiger partial charge on any atom is 0.176 e. The molecule has 0 aliphatic carbocycles. The van der Waals surface area contributed by atoms with Gasteiger partial charge in [-0.15, -0.1) is 11.3 Å². The lowest BCUT2D eigenvalue weighted by Gasteiger charge is -2.00. The van der Waals surface area contributed by atoms with Crippen molar-refractivity contribution in [1.29, 1.82) is 0 Å². The molecular formula is C11H14FN3S. The Morgan fingerprint density at radius 2 is 2.38 bits per heavy atom. The Labute approximate surface area is 97.9 Å². The van der Waals surface area contributed by atoms with Gasteiger partial charge in [-0.2, -0.15) is 9.49 Å². The molecule has 0 unspecified atom stereocenters. The zero-order valence-electron chi connectivity index (χ0n) is 9.11. The fourth-order valence-corrected chi connectivity index (χ4v) is 2.11. The van der Waals surface area contributed by atoms with Crippen molar-refractivity contribution >= 4 is 17.0 Å². The number of nitrogens with zero attached hydrogens (tertiary/aromatic N) is 2. The molecule has 0 aliphatic heterocycles. The highest BCUT2D eigenvalue weighted by atomic mass is 32.1. The third-order valence-electron chi connectivity index (χ3n) is 2.18. The molecule has 1 N–H and O–H groups in total. The summed E-state index contributed by atoms with van der Waals surface area (Å²) in [6.45, 7) is 3.69. The van der Waals surface area contributed by atoms with Gasteiger partial charge in [0.1, 0.15) is 0 Å². The summed E-state index contributed by atoms with van der Waals surface area (Å²) in [4.78, 5) is 0.987. The van der Waals surface area contributed by atoms with E-state index in [1.807, 2.05) is 10.9 Å². The van der Waals surface area contributed by atoms with Crippen LogP contribution in [0.15, 0.2) is 24.5 Å². The van der Waals surface area contributed by atoms with Gasteiger partial charge in [0, 0.05) is 24.2 Å². The van der Waals surface area contributed by atoms with Crippen molar-refractivity contribution in [3.63, 3.8) is 0 Å². The minimum atomic E-state index is -0.140. The van der Waals surface area contributed by atoms with E-state index in [-0.39, 0.29) is 5.13 Å². The fourth-order valence-electron chi connectivity index (χ4n) is 1.44. The smallest absolute Gasteiger partial charge is 0.176 e. The first-order valence-corrected chi connectivity index (χ1v) is 6.10. The van der Waals surface area contributed by atoms with Gasteiger partial charge in [-0.05, 0) is 18.6 Å². The van der Waals surface area contributed by atoms with Crippen LogP contribution in [-0.2, 0) is 13.1 Å². The highest BCUT2D eigenvalue weighted by Gasteiger charge is 2.00. The lowest BCUT2D eigenvalue weighted by molar-refractivity contribution is 0.603. The van der Waals surface area contributed by atoms with E-state index in [9.17, 15) is 4.39 Å². The fraction of sp³-hybridized carbons (Fsp3) is 0.364. The third-order valence-corrected chi connectivity index (χ3v) is 3.06. The second kappa shape index (κ2) is 5.12. The largest absolute Gasteiger partial charge is 0.378 e. The molecule has 0 atom stereocenters. The Morgan fingerprint density at radius 1 is 1.50 bits per heavy atom. The summed E-state index contributed by atoms with van der Waals surface area (Å²) in [5, 5.41) is 7.28. The predicted octanol–water partition coefficient (Wildman–Crippen LogP) is 3.11. The Bertz CT molecular complexity index is 450. The van der Waals surface area contributed by atoms with Crippen LogP contribution < -0.4 is 5.32 Å². The summed E-state index contributed by atoms with van der Waals surface area (Å²) in [6.07, 6.45) is 4.82. The molecule has 2 aromatic heterocycles. The van der Waals surface area contributed by atoms with E-state index in [1.54, 1.807) is 12.3 Å². The highest BCUT2D eigenvalue weighted by Crippen LogP contribution is 2.16. The first-order valence-electron chi connectivity index (χ1n) is 5.28. The van der Waals surface area contributed by atoms with Gasteiger partial charge in [-0.1, -0.05) is 6.92 Å². The molecule has 0 fully saturated rings. The molecule has 2 rings (SSSR count). The summed E-state index contributed by atoms with van der Waals surface area (Å²) < 4.78 is 14.6. The first-order chi connectivity index (χ1) is 7.78. The number of halogens is 1.